The average molecular weight is 264 g/mol. The molecular weight excluding hydrogens is 244 g/mol. The molecule has 104 valence electrons. The van der Waals surface area contributed by atoms with Crippen molar-refractivity contribution in [2.24, 2.45) is 0 Å². The van der Waals surface area contributed by atoms with E-state index < -0.39 is 0 Å². The average Bonchev–Trinajstić information content (AvgIpc) is 2.43. The van der Waals surface area contributed by atoms with E-state index in [9.17, 15) is 4.79 Å². The van der Waals surface area contributed by atoms with Crippen LogP contribution in [-0.4, -0.2) is 39.3 Å². The maximum atomic E-state index is 11.7. The van der Waals surface area contributed by atoms with Crippen LogP contribution in [0.25, 0.3) is 0 Å². The molecule has 0 radical (unpaired) electrons. The lowest BCUT2D eigenvalue weighted by Gasteiger charge is -2.11. The molecule has 0 unspecified atom stereocenters. The molecule has 0 aromatic heterocycles. The summed E-state index contributed by atoms with van der Waals surface area (Å²) in [5.41, 5.74) is 0.655. The Labute approximate surface area is 113 Å². The highest BCUT2D eigenvalue weighted by Crippen LogP contribution is 2.23. The molecule has 0 saturated heterocycles. The molecular formula is C14H20N2O3. The Morgan fingerprint density at radius 1 is 1.42 bits per heavy atom. The number of carbonyl (C=O) groups is 1. The van der Waals surface area contributed by atoms with Crippen LogP contribution in [0.1, 0.15) is 0 Å². The number of nitrogens with one attached hydrogen (secondary N) is 2. The van der Waals surface area contributed by atoms with Crippen LogP contribution >= 0.6 is 0 Å². The number of anilines is 1. The minimum absolute atomic E-state index is 0.120. The normalized spacial score (nSPS) is 9.95. The molecule has 1 rings (SSSR count). The molecule has 19 heavy (non-hydrogen) atoms. The highest BCUT2D eigenvalue weighted by molar-refractivity contribution is 5.93. The SMILES string of the molecule is C=CCOc1ccccc1NC(=O)CNCCOC. The van der Waals surface area contributed by atoms with Gasteiger partial charge in [-0.25, -0.2) is 0 Å². The maximum Gasteiger partial charge on any atom is 0.238 e. The Morgan fingerprint density at radius 2 is 2.21 bits per heavy atom. The standard InChI is InChI=1S/C14H20N2O3/c1-3-9-19-13-7-5-4-6-12(13)16-14(17)11-15-8-10-18-2/h3-7,15H,1,8-11H2,2H3,(H,16,17). The van der Waals surface area contributed by atoms with Gasteiger partial charge in [-0.15, -0.1) is 0 Å². The molecule has 0 heterocycles. The van der Waals surface area contributed by atoms with Crippen molar-refractivity contribution in [2.45, 2.75) is 0 Å². The van der Waals surface area contributed by atoms with E-state index in [1.807, 2.05) is 12.1 Å². The topological polar surface area (TPSA) is 59.6 Å². The van der Waals surface area contributed by atoms with Crippen molar-refractivity contribution in [3.8, 4) is 5.75 Å². The second-order valence-corrected chi connectivity index (χ2v) is 3.81. The summed E-state index contributed by atoms with van der Waals surface area (Å²) in [6.07, 6.45) is 1.66. The number of rotatable bonds is 9. The highest BCUT2D eigenvalue weighted by Gasteiger charge is 2.06. The summed E-state index contributed by atoms with van der Waals surface area (Å²) in [5.74, 6) is 0.512. The lowest BCUT2D eigenvalue weighted by Crippen LogP contribution is -2.30. The first kappa shape index (κ1) is 15.2. The van der Waals surface area contributed by atoms with E-state index in [4.69, 9.17) is 9.47 Å². The van der Waals surface area contributed by atoms with E-state index >= 15 is 0 Å². The molecule has 0 aliphatic rings. The summed E-state index contributed by atoms with van der Waals surface area (Å²) >= 11 is 0. The first-order valence-electron chi connectivity index (χ1n) is 6.10. The van der Waals surface area contributed by atoms with Crippen LogP contribution in [0.5, 0.6) is 5.75 Å². The summed E-state index contributed by atoms with van der Waals surface area (Å²) in [6.45, 7) is 5.44. The minimum Gasteiger partial charge on any atom is -0.487 e. The van der Waals surface area contributed by atoms with Gasteiger partial charge >= 0.3 is 0 Å². The summed E-state index contributed by atoms with van der Waals surface area (Å²) in [4.78, 5) is 11.7. The number of methoxy groups -OCH3 is 1. The van der Waals surface area contributed by atoms with Crippen molar-refractivity contribution in [3.05, 3.63) is 36.9 Å². The molecule has 0 spiro atoms. The molecule has 0 aliphatic carbocycles. The third-order valence-electron chi connectivity index (χ3n) is 2.29. The fraction of sp³-hybridized carbons (Fsp3) is 0.357. The molecule has 5 heteroatoms. The lowest BCUT2D eigenvalue weighted by atomic mass is 10.3. The van der Waals surface area contributed by atoms with Crippen LogP contribution in [0.3, 0.4) is 0 Å². The van der Waals surface area contributed by atoms with Crippen LogP contribution in [0.15, 0.2) is 36.9 Å². The number of hydrogen-bond acceptors (Lipinski definition) is 4. The third kappa shape index (κ3) is 6.03. The van der Waals surface area contributed by atoms with Crippen molar-refractivity contribution >= 4 is 11.6 Å². The van der Waals surface area contributed by atoms with Crippen molar-refractivity contribution in [3.63, 3.8) is 0 Å². The fourth-order valence-corrected chi connectivity index (χ4v) is 1.42. The first-order valence-corrected chi connectivity index (χ1v) is 6.10. The first-order chi connectivity index (χ1) is 9.27. The zero-order chi connectivity index (χ0) is 13.9. The molecule has 1 aromatic carbocycles. The summed E-state index contributed by atoms with van der Waals surface area (Å²) in [6, 6.07) is 7.29. The van der Waals surface area contributed by atoms with E-state index in [0.717, 1.165) is 0 Å². The molecule has 5 nitrogen and oxygen atoms in total. The Balaban J connectivity index is 2.46. The van der Waals surface area contributed by atoms with E-state index in [1.165, 1.54) is 0 Å². The number of benzene rings is 1. The Bertz CT molecular complexity index is 407. The number of carbonyl (C=O) groups excluding carboxylic acids is 1. The van der Waals surface area contributed by atoms with Crippen LogP contribution in [0.2, 0.25) is 0 Å². The minimum atomic E-state index is -0.120. The second-order valence-electron chi connectivity index (χ2n) is 3.81. The van der Waals surface area contributed by atoms with Gasteiger partial charge in [0, 0.05) is 13.7 Å². The Kier molecular flexibility index (Phi) is 7.31. The third-order valence-corrected chi connectivity index (χ3v) is 2.29. The maximum absolute atomic E-state index is 11.7. The van der Waals surface area contributed by atoms with Crippen LogP contribution in [-0.2, 0) is 9.53 Å². The van der Waals surface area contributed by atoms with Gasteiger partial charge in [0.15, 0.2) is 0 Å². The summed E-state index contributed by atoms with van der Waals surface area (Å²) in [7, 11) is 1.62. The molecule has 0 bridgehead atoms. The van der Waals surface area contributed by atoms with Gasteiger partial charge in [0.1, 0.15) is 12.4 Å². The quantitative estimate of drug-likeness (QED) is 0.523. The molecule has 1 aromatic rings. The number of amides is 1. The predicted octanol–water partition coefficient (Wildman–Crippen LogP) is 1.43. The van der Waals surface area contributed by atoms with Gasteiger partial charge in [0.05, 0.1) is 18.8 Å². The van der Waals surface area contributed by atoms with Crippen molar-refractivity contribution < 1.29 is 14.3 Å². The molecule has 0 fully saturated rings. The van der Waals surface area contributed by atoms with Gasteiger partial charge in [-0.2, -0.15) is 0 Å². The molecule has 1 amide bonds. The number of ether oxygens (including phenoxy) is 2. The van der Waals surface area contributed by atoms with Crippen LogP contribution < -0.4 is 15.4 Å². The molecule has 0 saturated carbocycles. The smallest absolute Gasteiger partial charge is 0.238 e. The van der Waals surface area contributed by atoms with Gasteiger partial charge in [-0.05, 0) is 12.1 Å². The van der Waals surface area contributed by atoms with Crippen LogP contribution in [0, 0.1) is 0 Å². The van der Waals surface area contributed by atoms with Gasteiger partial charge in [0.25, 0.3) is 0 Å². The largest absolute Gasteiger partial charge is 0.487 e. The lowest BCUT2D eigenvalue weighted by molar-refractivity contribution is -0.115. The predicted molar refractivity (Wildman–Crippen MR) is 75.5 cm³/mol. The van der Waals surface area contributed by atoms with E-state index in [2.05, 4.69) is 17.2 Å². The molecule has 0 atom stereocenters. The van der Waals surface area contributed by atoms with Gasteiger partial charge in [-0.3, -0.25) is 4.79 Å². The summed E-state index contributed by atoms with van der Waals surface area (Å²) in [5, 5.41) is 5.77. The van der Waals surface area contributed by atoms with E-state index in [-0.39, 0.29) is 12.5 Å². The Hall–Kier alpha value is -1.85. The number of hydrogen-bond donors (Lipinski definition) is 2. The van der Waals surface area contributed by atoms with Crippen molar-refractivity contribution in [1.29, 1.82) is 0 Å². The van der Waals surface area contributed by atoms with Crippen molar-refractivity contribution in [1.82, 2.24) is 5.32 Å². The zero-order valence-corrected chi connectivity index (χ0v) is 11.1. The van der Waals surface area contributed by atoms with Crippen LogP contribution in [0.4, 0.5) is 5.69 Å². The van der Waals surface area contributed by atoms with E-state index in [0.29, 0.717) is 31.2 Å². The fourth-order valence-electron chi connectivity index (χ4n) is 1.42. The molecule has 2 N–H and O–H groups in total. The summed E-state index contributed by atoms with van der Waals surface area (Å²) < 4.78 is 10.3. The highest BCUT2D eigenvalue weighted by atomic mass is 16.5. The van der Waals surface area contributed by atoms with Crippen molar-refractivity contribution in [2.75, 3.05) is 38.7 Å². The van der Waals surface area contributed by atoms with Gasteiger partial charge in [-0.1, -0.05) is 24.8 Å². The Morgan fingerprint density at radius 3 is 2.95 bits per heavy atom. The van der Waals surface area contributed by atoms with Gasteiger partial charge < -0.3 is 20.1 Å². The zero-order valence-electron chi connectivity index (χ0n) is 11.1. The van der Waals surface area contributed by atoms with Gasteiger partial charge in [0.2, 0.25) is 5.91 Å². The molecule has 0 aliphatic heterocycles. The van der Waals surface area contributed by atoms with E-state index in [1.54, 1.807) is 25.3 Å². The second kappa shape index (κ2) is 9.13. The number of para-hydroxylation sites is 2. The monoisotopic (exact) mass is 264 g/mol.